The molecule has 64 valence electrons. The molecule has 0 spiro atoms. The molecule has 0 aliphatic heterocycles. The van der Waals surface area contributed by atoms with E-state index in [9.17, 15) is 0 Å². The summed E-state index contributed by atoms with van der Waals surface area (Å²) < 4.78 is 5.02. The highest BCUT2D eigenvalue weighted by atomic mass is 16.5. The number of allylic oxidation sites excluding steroid dienone is 1. The van der Waals surface area contributed by atoms with Crippen LogP contribution >= 0.6 is 0 Å². The highest BCUT2D eigenvalue weighted by Gasteiger charge is 1.89. The fourth-order valence-corrected chi connectivity index (χ4v) is 0.963. The largest absolute Gasteiger partial charge is 0.497 e. The number of hydrogen-bond donors (Lipinski definition) is 1. The molecule has 0 aromatic heterocycles. The average molecular weight is 163 g/mol. The normalized spacial score (nSPS) is 11.3. The number of hydrogen-bond acceptors (Lipinski definition) is 2. The van der Waals surface area contributed by atoms with E-state index in [1.807, 2.05) is 37.3 Å². The Hall–Kier alpha value is -1.44. The molecule has 0 bridgehead atoms. The third-order valence-corrected chi connectivity index (χ3v) is 1.51. The quantitative estimate of drug-likeness (QED) is 0.723. The van der Waals surface area contributed by atoms with Gasteiger partial charge in [0.15, 0.2) is 0 Å². The highest BCUT2D eigenvalue weighted by Crippen LogP contribution is 2.12. The summed E-state index contributed by atoms with van der Waals surface area (Å²) in [6, 6.07) is 7.76. The maximum absolute atomic E-state index is 5.52. The lowest BCUT2D eigenvalue weighted by molar-refractivity contribution is 0.415. The maximum atomic E-state index is 5.52. The van der Waals surface area contributed by atoms with E-state index in [4.69, 9.17) is 10.5 Å². The van der Waals surface area contributed by atoms with E-state index in [1.165, 1.54) is 0 Å². The highest BCUT2D eigenvalue weighted by molar-refractivity contribution is 5.52. The second-order valence-electron chi connectivity index (χ2n) is 2.66. The van der Waals surface area contributed by atoms with Crippen molar-refractivity contribution in [3.8, 4) is 5.75 Å². The zero-order chi connectivity index (χ0) is 8.97. The van der Waals surface area contributed by atoms with Gasteiger partial charge in [-0.05, 0) is 30.7 Å². The average Bonchev–Trinajstić information content (AvgIpc) is 2.05. The molecule has 0 atom stereocenters. The van der Waals surface area contributed by atoms with Crippen molar-refractivity contribution in [3.63, 3.8) is 0 Å². The fraction of sp³-hybridized carbons (Fsp3) is 0.200. The summed E-state index contributed by atoms with van der Waals surface area (Å²) in [6.45, 7) is 1.87. The van der Waals surface area contributed by atoms with E-state index >= 15 is 0 Å². The second kappa shape index (κ2) is 3.81. The van der Waals surface area contributed by atoms with Crippen molar-refractivity contribution in [1.82, 2.24) is 0 Å². The molecule has 0 fully saturated rings. The molecule has 0 heterocycles. The molecule has 1 aromatic rings. The molecular weight excluding hydrogens is 150 g/mol. The van der Waals surface area contributed by atoms with Crippen molar-refractivity contribution in [1.29, 1.82) is 0 Å². The SMILES string of the molecule is COc1ccc(/C=C(\C)N)cc1. The molecule has 0 saturated heterocycles. The fourth-order valence-electron chi connectivity index (χ4n) is 0.963. The van der Waals surface area contributed by atoms with E-state index in [0.717, 1.165) is 17.0 Å². The van der Waals surface area contributed by atoms with Crippen molar-refractivity contribution in [2.24, 2.45) is 5.73 Å². The van der Waals surface area contributed by atoms with Crippen molar-refractivity contribution in [2.75, 3.05) is 7.11 Å². The molecule has 1 aromatic carbocycles. The van der Waals surface area contributed by atoms with Crippen LogP contribution < -0.4 is 10.5 Å². The molecule has 0 amide bonds. The van der Waals surface area contributed by atoms with Gasteiger partial charge >= 0.3 is 0 Å². The zero-order valence-corrected chi connectivity index (χ0v) is 7.37. The van der Waals surface area contributed by atoms with Crippen LogP contribution in [0, 0.1) is 0 Å². The summed E-state index contributed by atoms with van der Waals surface area (Å²) in [5.41, 5.74) is 7.42. The van der Waals surface area contributed by atoms with Crippen molar-refractivity contribution in [2.45, 2.75) is 6.92 Å². The van der Waals surface area contributed by atoms with E-state index in [0.29, 0.717) is 0 Å². The van der Waals surface area contributed by atoms with Crippen LogP contribution in [0.15, 0.2) is 30.0 Å². The Bertz CT molecular complexity index is 270. The predicted molar refractivity (Wildman–Crippen MR) is 50.8 cm³/mol. The van der Waals surface area contributed by atoms with E-state index in [2.05, 4.69) is 0 Å². The van der Waals surface area contributed by atoms with Crippen molar-refractivity contribution >= 4 is 6.08 Å². The summed E-state index contributed by atoms with van der Waals surface area (Å²) in [4.78, 5) is 0. The van der Waals surface area contributed by atoms with Crippen LogP contribution in [-0.4, -0.2) is 7.11 Å². The number of rotatable bonds is 2. The molecule has 0 unspecified atom stereocenters. The molecular formula is C10H13NO. The van der Waals surface area contributed by atoms with Gasteiger partial charge in [0.1, 0.15) is 5.75 Å². The third-order valence-electron chi connectivity index (χ3n) is 1.51. The van der Waals surface area contributed by atoms with Gasteiger partial charge in [-0.3, -0.25) is 0 Å². The van der Waals surface area contributed by atoms with E-state index in [1.54, 1.807) is 7.11 Å². The minimum atomic E-state index is 0.806. The number of nitrogens with two attached hydrogens (primary N) is 1. The van der Waals surface area contributed by atoms with Gasteiger partial charge in [-0.2, -0.15) is 0 Å². The number of ether oxygens (including phenoxy) is 1. The molecule has 0 saturated carbocycles. The van der Waals surface area contributed by atoms with Crippen LogP contribution in [0.5, 0.6) is 5.75 Å². The van der Waals surface area contributed by atoms with Crippen LogP contribution in [0.4, 0.5) is 0 Å². The lowest BCUT2D eigenvalue weighted by Crippen LogP contribution is -1.89. The Morgan fingerprint density at radius 1 is 1.33 bits per heavy atom. The minimum Gasteiger partial charge on any atom is -0.497 e. The van der Waals surface area contributed by atoms with Gasteiger partial charge in [0.2, 0.25) is 0 Å². The lowest BCUT2D eigenvalue weighted by atomic mass is 10.2. The van der Waals surface area contributed by atoms with Gasteiger partial charge in [0, 0.05) is 5.70 Å². The maximum Gasteiger partial charge on any atom is 0.118 e. The first kappa shape index (κ1) is 8.65. The molecule has 2 heteroatoms. The van der Waals surface area contributed by atoms with Crippen LogP contribution in [0.2, 0.25) is 0 Å². The standard InChI is InChI=1S/C10H13NO/c1-8(11)7-9-3-5-10(12-2)6-4-9/h3-7H,11H2,1-2H3/b8-7+. The summed E-state index contributed by atoms with van der Waals surface area (Å²) >= 11 is 0. The van der Waals surface area contributed by atoms with Gasteiger partial charge in [-0.25, -0.2) is 0 Å². The van der Waals surface area contributed by atoms with E-state index in [-0.39, 0.29) is 0 Å². The van der Waals surface area contributed by atoms with Crippen LogP contribution in [0.25, 0.3) is 6.08 Å². The van der Waals surface area contributed by atoms with Gasteiger partial charge in [0.25, 0.3) is 0 Å². The molecule has 0 aliphatic rings. The summed E-state index contributed by atoms with van der Waals surface area (Å²) in [7, 11) is 1.65. The molecule has 0 aliphatic carbocycles. The first-order chi connectivity index (χ1) is 5.72. The van der Waals surface area contributed by atoms with Crippen LogP contribution in [0.3, 0.4) is 0 Å². The topological polar surface area (TPSA) is 35.2 Å². The van der Waals surface area contributed by atoms with Crippen LogP contribution in [-0.2, 0) is 0 Å². The Balaban J connectivity index is 2.85. The summed E-state index contributed by atoms with van der Waals surface area (Å²) in [5.74, 6) is 0.863. The first-order valence-electron chi connectivity index (χ1n) is 3.80. The molecule has 2 N–H and O–H groups in total. The third kappa shape index (κ3) is 2.31. The number of methoxy groups -OCH3 is 1. The number of benzene rings is 1. The Kier molecular flexibility index (Phi) is 2.75. The zero-order valence-electron chi connectivity index (χ0n) is 7.37. The second-order valence-corrected chi connectivity index (χ2v) is 2.66. The smallest absolute Gasteiger partial charge is 0.118 e. The molecule has 2 nitrogen and oxygen atoms in total. The predicted octanol–water partition coefficient (Wildman–Crippen LogP) is 2.01. The Labute approximate surface area is 72.7 Å². The summed E-state index contributed by atoms with van der Waals surface area (Å²) in [5, 5.41) is 0. The first-order valence-corrected chi connectivity index (χ1v) is 3.80. The van der Waals surface area contributed by atoms with Crippen molar-refractivity contribution < 1.29 is 4.74 Å². The monoisotopic (exact) mass is 163 g/mol. The van der Waals surface area contributed by atoms with Crippen molar-refractivity contribution in [3.05, 3.63) is 35.5 Å². The van der Waals surface area contributed by atoms with Gasteiger partial charge in [-0.15, -0.1) is 0 Å². The van der Waals surface area contributed by atoms with Gasteiger partial charge in [-0.1, -0.05) is 12.1 Å². The minimum absolute atomic E-state index is 0.806. The molecule has 1 rings (SSSR count). The Morgan fingerprint density at radius 3 is 2.33 bits per heavy atom. The molecule has 0 radical (unpaired) electrons. The lowest BCUT2D eigenvalue weighted by Gasteiger charge is -1.99. The van der Waals surface area contributed by atoms with E-state index < -0.39 is 0 Å². The molecule has 12 heavy (non-hydrogen) atoms. The summed E-state index contributed by atoms with van der Waals surface area (Å²) in [6.07, 6.45) is 1.92. The van der Waals surface area contributed by atoms with Crippen LogP contribution in [0.1, 0.15) is 12.5 Å². The Morgan fingerprint density at radius 2 is 1.92 bits per heavy atom. The van der Waals surface area contributed by atoms with Gasteiger partial charge < -0.3 is 10.5 Å². The van der Waals surface area contributed by atoms with Gasteiger partial charge in [0.05, 0.1) is 7.11 Å².